The van der Waals surface area contributed by atoms with Gasteiger partial charge in [0.05, 0.1) is 41.4 Å². The molecule has 154 valence electrons. The molecule has 0 amide bonds. The number of para-hydroxylation sites is 1. The molecule has 2 heterocycles. The monoisotopic (exact) mass is 424 g/mol. The summed E-state index contributed by atoms with van der Waals surface area (Å²) in [6.45, 7) is 6.11. The van der Waals surface area contributed by atoms with Gasteiger partial charge in [0.1, 0.15) is 16.8 Å². The quantitative estimate of drug-likeness (QED) is 0.388. The van der Waals surface area contributed by atoms with Gasteiger partial charge in [-0.05, 0) is 39.0 Å². The SMILES string of the molecule is CCOC(=O)c1cc(C#N)c(SCc2nc(-c3ccccc3OCC)no2)nc1C. The van der Waals surface area contributed by atoms with Gasteiger partial charge in [-0.15, -0.1) is 0 Å². The maximum absolute atomic E-state index is 12.0. The molecule has 0 fully saturated rings. The Labute approximate surface area is 178 Å². The van der Waals surface area contributed by atoms with Crippen molar-refractivity contribution in [3.05, 3.63) is 53.0 Å². The van der Waals surface area contributed by atoms with Crippen molar-refractivity contribution in [3.8, 4) is 23.2 Å². The van der Waals surface area contributed by atoms with E-state index in [1.807, 2.05) is 31.2 Å². The molecule has 0 saturated carbocycles. The van der Waals surface area contributed by atoms with Crippen LogP contribution in [0.15, 0.2) is 39.9 Å². The molecule has 0 atom stereocenters. The summed E-state index contributed by atoms with van der Waals surface area (Å²) in [5.74, 6) is 1.32. The Balaban J connectivity index is 1.78. The molecule has 0 N–H and O–H groups in total. The molecule has 0 radical (unpaired) electrons. The average molecular weight is 424 g/mol. The Morgan fingerprint density at radius 3 is 2.77 bits per heavy atom. The van der Waals surface area contributed by atoms with Crippen LogP contribution in [0.2, 0.25) is 0 Å². The predicted octanol–water partition coefficient (Wildman–Crippen LogP) is 4.18. The topological polar surface area (TPSA) is 111 Å². The Bertz CT molecular complexity index is 1090. The van der Waals surface area contributed by atoms with Gasteiger partial charge in [0.2, 0.25) is 11.7 Å². The van der Waals surface area contributed by atoms with Crippen LogP contribution in [0, 0.1) is 18.3 Å². The van der Waals surface area contributed by atoms with Gasteiger partial charge < -0.3 is 14.0 Å². The molecule has 2 aromatic heterocycles. The number of esters is 1. The molecular weight excluding hydrogens is 404 g/mol. The first-order valence-corrected chi connectivity index (χ1v) is 10.3. The van der Waals surface area contributed by atoms with Crippen LogP contribution in [0.5, 0.6) is 5.75 Å². The van der Waals surface area contributed by atoms with Crippen molar-refractivity contribution in [2.75, 3.05) is 13.2 Å². The molecule has 0 unspecified atom stereocenters. The largest absolute Gasteiger partial charge is 0.493 e. The summed E-state index contributed by atoms with van der Waals surface area (Å²) in [5.41, 5.74) is 1.80. The Morgan fingerprint density at radius 2 is 2.03 bits per heavy atom. The zero-order valence-electron chi connectivity index (χ0n) is 16.8. The van der Waals surface area contributed by atoms with Crippen molar-refractivity contribution in [2.24, 2.45) is 0 Å². The number of nitrogens with zero attached hydrogens (tertiary/aromatic N) is 4. The van der Waals surface area contributed by atoms with E-state index in [1.54, 1.807) is 13.8 Å². The number of carbonyl (C=O) groups excluding carboxylic acids is 1. The number of aryl methyl sites for hydroxylation is 1. The van der Waals surface area contributed by atoms with Crippen LogP contribution < -0.4 is 4.74 Å². The highest BCUT2D eigenvalue weighted by atomic mass is 32.2. The molecule has 0 saturated heterocycles. The van der Waals surface area contributed by atoms with E-state index < -0.39 is 5.97 Å². The van der Waals surface area contributed by atoms with E-state index >= 15 is 0 Å². The highest BCUT2D eigenvalue weighted by Crippen LogP contribution is 2.30. The van der Waals surface area contributed by atoms with E-state index in [2.05, 4.69) is 21.2 Å². The van der Waals surface area contributed by atoms with Crippen molar-refractivity contribution < 1.29 is 18.8 Å². The summed E-state index contributed by atoms with van der Waals surface area (Å²) in [6, 6.07) is 11.0. The summed E-state index contributed by atoms with van der Waals surface area (Å²) < 4.78 is 16.0. The third-order valence-electron chi connectivity index (χ3n) is 4.02. The highest BCUT2D eigenvalue weighted by molar-refractivity contribution is 7.98. The van der Waals surface area contributed by atoms with Gasteiger partial charge in [-0.3, -0.25) is 0 Å². The molecule has 1 aromatic carbocycles. The Hall–Kier alpha value is -3.38. The van der Waals surface area contributed by atoms with Crippen LogP contribution in [-0.2, 0) is 10.5 Å². The third kappa shape index (κ3) is 4.78. The number of hydrogen-bond acceptors (Lipinski definition) is 9. The Kier molecular flexibility index (Phi) is 7.03. The van der Waals surface area contributed by atoms with E-state index in [9.17, 15) is 10.1 Å². The molecule has 3 aromatic rings. The van der Waals surface area contributed by atoms with E-state index in [4.69, 9.17) is 14.0 Å². The summed E-state index contributed by atoms with van der Waals surface area (Å²) in [7, 11) is 0. The first-order chi connectivity index (χ1) is 14.6. The maximum atomic E-state index is 12.0. The van der Waals surface area contributed by atoms with Gasteiger partial charge in [-0.2, -0.15) is 10.2 Å². The number of aromatic nitrogens is 3. The predicted molar refractivity (Wildman–Crippen MR) is 110 cm³/mol. The molecule has 8 nitrogen and oxygen atoms in total. The Morgan fingerprint density at radius 1 is 1.23 bits per heavy atom. The second kappa shape index (κ2) is 9.89. The molecular formula is C21H20N4O4S. The summed E-state index contributed by atoms with van der Waals surface area (Å²) in [5, 5.41) is 14.0. The number of pyridine rings is 1. The smallest absolute Gasteiger partial charge is 0.340 e. The second-order valence-corrected chi connectivity index (χ2v) is 7.00. The van der Waals surface area contributed by atoms with Gasteiger partial charge in [0.25, 0.3) is 0 Å². The van der Waals surface area contributed by atoms with Crippen LogP contribution >= 0.6 is 11.8 Å². The fraction of sp³-hybridized carbons (Fsp3) is 0.286. The maximum Gasteiger partial charge on any atom is 0.340 e. The van der Waals surface area contributed by atoms with Gasteiger partial charge in [0, 0.05) is 0 Å². The van der Waals surface area contributed by atoms with Crippen molar-refractivity contribution in [3.63, 3.8) is 0 Å². The minimum absolute atomic E-state index is 0.253. The minimum Gasteiger partial charge on any atom is -0.493 e. The molecule has 0 aliphatic rings. The van der Waals surface area contributed by atoms with Crippen molar-refractivity contribution in [1.29, 1.82) is 5.26 Å². The molecule has 30 heavy (non-hydrogen) atoms. The number of thioether (sulfide) groups is 1. The van der Waals surface area contributed by atoms with E-state index in [0.717, 1.165) is 5.56 Å². The third-order valence-corrected chi connectivity index (χ3v) is 5.00. The molecule has 0 spiro atoms. The van der Waals surface area contributed by atoms with Crippen LogP contribution in [0.1, 0.15) is 41.4 Å². The molecule has 9 heteroatoms. The molecule has 0 aliphatic carbocycles. The standard InChI is InChI=1S/C21H20N4O4S/c1-4-27-17-9-7-6-8-15(17)19-24-18(29-25-19)12-30-20-14(11-22)10-16(13(3)23-20)21(26)28-5-2/h6-10H,4-5,12H2,1-3H3. The zero-order chi connectivity index (χ0) is 21.5. The van der Waals surface area contributed by atoms with Crippen molar-refractivity contribution in [1.82, 2.24) is 15.1 Å². The number of carbonyl (C=O) groups is 1. The lowest BCUT2D eigenvalue weighted by Gasteiger charge is -2.08. The minimum atomic E-state index is -0.495. The van der Waals surface area contributed by atoms with Crippen molar-refractivity contribution in [2.45, 2.75) is 31.6 Å². The van der Waals surface area contributed by atoms with Crippen LogP contribution in [-0.4, -0.2) is 34.3 Å². The first-order valence-electron chi connectivity index (χ1n) is 9.33. The summed E-state index contributed by atoms with van der Waals surface area (Å²) in [6.07, 6.45) is 0. The normalized spacial score (nSPS) is 10.5. The van der Waals surface area contributed by atoms with Gasteiger partial charge >= 0.3 is 5.97 Å². The summed E-state index contributed by atoms with van der Waals surface area (Å²) >= 11 is 1.28. The van der Waals surface area contributed by atoms with Gasteiger partial charge in [0.15, 0.2) is 0 Å². The van der Waals surface area contributed by atoms with Crippen LogP contribution in [0.3, 0.4) is 0 Å². The number of rotatable bonds is 8. The second-order valence-electron chi connectivity index (χ2n) is 6.04. The fourth-order valence-corrected chi connectivity index (χ4v) is 3.51. The van der Waals surface area contributed by atoms with Gasteiger partial charge in [-0.25, -0.2) is 9.78 Å². The number of hydrogen-bond donors (Lipinski definition) is 0. The number of nitriles is 1. The van der Waals surface area contributed by atoms with E-state index in [1.165, 1.54) is 17.8 Å². The lowest BCUT2D eigenvalue weighted by atomic mass is 10.1. The molecule has 3 rings (SSSR count). The lowest BCUT2D eigenvalue weighted by Crippen LogP contribution is -2.09. The fourth-order valence-electron chi connectivity index (χ4n) is 2.67. The van der Waals surface area contributed by atoms with E-state index in [0.29, 0.717) is 40.5 Å². The zero-order valence-corrected chi connectivity index (χ0v) is 17.7. The molecule has 0 aliphatic heterocycles. The summed E-state index contributed by atoms with van der Waals surface area (Å²) in [4.78, 5) is 20.8. The number of ether oxygens (including phenoxy) is 2. The highest BCUT2D eigenvalue weighted by Gasteiger charge is 2.18. The van der Waals surface area contributed by atoms with E-state index in [-0.39, 0.29) is 17.7 Å². The van der Waals surface area contributed by atoms with Gasteiger partial charge in [-0.1, -0.05) is 29.1 Å². The van der Waals surface area contributed by atoms with Crippen LogP contribution in [0.4, 0.5) is 0 Å². The van der Waals surface area contributed by atoms with Crippen molar-refractivity contribution >= 4 is 17.7 Å². The first kappa shape index (κ1) is 21.3. The average Bonchev–Trinajstić information content (AvgIpc) is 3.22. The number of benzene rings is 1. The lowest BCUT2D eigenvalue weighted by molar-refractivity contribution is 0.0524. The van der Waals surface area contributed by atoms with Crippen LogP contribution in [0.25, 0.3) is 11.4 Å². The molecule has 0 bridgehead atoms.